The van der Waals surface area contributed by atoms with Crippen molar-refractivity contribution in [1.29, 1.82) is 0 Å². The Hall–Kier alpha value is -2.09. The molecule has 0 saturated heterocycles. The maximum absolute atomic E-state index is 12.9. The fourth-order valence-electron chi connectivity index (χ4n) is 2.51. The quantitative estimate of drug-likeness (QED) is 0.683. The summed E-state index contributed by atoms with van der Waals surface area (Å²) in [5.41, 5.74) is 0.804. The molecule has 1 N–H and O–H groups in total. The van der Waals surface area contributed by atoms with Crippen LogP contribution in [0.3, 0.4) is 0 Å². The van der Waals surface area contributed by atoms with E-state index in [1.165, 1.54) is 18.3 Å². The molecule has 1 heterocycles. The first-order valence-electron chi connectivity index (χ1n) is 7.44. The number of methoxy groups -OCH3 is 1. The van der Waals surface area contributed by atoms with E-state index in [0.29, 0.717) is 15.8 Å². The van der Waals surface area contributed by atoms with Crippen LogP contribution in [-0.4, -0.2) is 24.6 Å². The average molecular weight is 422 g/mol. The number of ether oxygens (including phenoxy) is 1. The molecule has 25 heavy (non-hydrogen) atoms. The predicted octanol–water partition coefficient (Wildman–Crippen LogP) is 3.58. The van der Waals surface area contributed by atoms with Gasteiger partial charge in [0, 0.05) is 10.7 Å². The van der Waals surface area contributed by atoms with Gasteiger partial charge in [-0.2, -0.15) is 0 Å². The minimum atomic E-state index is -3.81. The Morgan fingerprint density at radius 3 is 2.28 bits per heavy atom. The number of aliphatic hydroxyl groups excluding tert-OH is 1. The topological polar surface area (TPSA) is 68.5 Å². The molecule has 7 heteroatoms. The van der Waals surface area contributed by atoms with E-state index in [2.05, 4.69) is 15.9 Å². The van der Waals surface area contributed by atoms with Gasteiger partial charge in [-0.3, -0.25) is 0 Å². The van der Waals surface area contributed by atoms with E-state index in [0.717, 1.165) is 3.97 Å². The Morgan fingerprint density at radius 1 is 1.04 bits per heavy atom. The zero-order valence-electron chi connectivity index (χ0n) is 13.3. The van der Waals surface area contributed by atoms with Crippen LogP contribution in [0.4, 0.5) is 0 Å². The first-order valence-corrected chi connectivity index (χ1v) is 9.68. The van der Waals surface area contributed by atoms with Crippen molar-refractivity contribution in [3.05, 3.63) is 82.6 Å². The lowest BCUT2D eigenvalue weighted by Gasteiger charge is -2.17. The molecule has 0 fully saturated rings. The van der Waals surface area contributed by atoms with E-state index >= 15 is 0 Å². The number of aromatic nitrogens is 1. The van der Waals surface area contributed by atoms with Crippen molar-refractivity contribution < 1.29 is 18.3 Å². The molecule has 0 bridgehead atoms. The molecule has 2 aromatic carbocycles. The molecule has 1 unspecified atom stereocenters. The van der Waals surface area contributed by atoms with Gasteiger partial charge in [0.05, 0.1) is 17.7 Å². The minimum absolute atomic E-state index is 0.154. The highest BCUT2D eigenvalue weighted by molar-refractivity contribution is 9.10. The van der Waals surface area contributed by atoms with Crippen LogP contribution in [0.2, 0.25) is 0 Å². The lowest BCUT2D eigenvalue weighted by atomic mass is 10.1. The molecule has 0 amide bonds. The zero-order chi connectivity index (χ0) is 18.0. The summed E-state index contributed by atoms with van der Waals surface area (Å²) in [5.74, 6) is 0.655. The van der Waals surface area contributed by atoms with Crippen LogP contribution in [0, 0.1) is 0 Å². The molecular weight excluding hydrogens is 406 g/mol. The molecule has 3 rings (SSSR count). The number of hydrogen-bond acceptors (Lipinski definition) is 4. The number of halogens is 1. The molecule has 0 spiro atoms. The lowest BCUT2D eigenvalue weighted by molar-refractivity contribution is 0.213. The van der Waals surface area contributed by atoms with Crippen molar-refractivity contribution in [2.24, 2.45) is 0 Å². The molecule has 0 aliphatic carbocycles. The Balaban J connectivity index is 2.07. The fraction of sp³-hybridized carbons (Fsp3) is 0.111. The second-order valence-electron chi connectivity index (χ2n) is 5.34. The molecule has 1 atom stereocenters. The van der Waals surface area contributed by atoms with Crippen molar-refractivity contribution in [2.75, 3.05) is 7.11 Å². The van der Waals surface area contributed by atoms with Crippen molar-refractivity contribution in [1.82, 2.24) is 3.97 Å². The summed E-state index contributed by atoms with van der Waals surface area (Å²) in [6, 6.07) is 16.5. The molecule has 0 aliphatic rings. The lowest BCUT2D eigenvalue weighted by Crippen LogP contribution is -2.17. The van der Waals surface area contributed by atoms with Gasteiger partial charge in [0.1, 0.15) is 11.9 Å². The summed E-state index contributed by atoms with van der Waals surface area (Å²) in [4.78, 5) is 0.154. The maximum atomic E-state index is 12.9. The Kier molecular flexibility index (Phi) is 4.99. The normalized spacial score (nSPS) is 12.8. The van der Waals surface area contributed by atoms with Gasteiger partial charge in [0.2, 0.25) is 0 Å². The monoisotopic (exact) mass is 421 g/mol. The van der Waals surface area contributed by atoms with Gasteiger partial charge in [0.15, 0.2) is 0 Å². The second kappa shape index (κ2) is 7.03. The van der Waals surface area contributed by atoms with Gasteiger partial charge in [-0.15, -0.1) is 0 Å². The summed E-state index contributed by atoms with van der Waals surface area (Å²) < 4.78 is 32.5. The highest BCUT2D eigenvalue weighted by atomic mass is 79.9. The third kappa shape index (κ3) is 3.35. The number of rotatable bonds is 5. The molecule has 5 nitrogen and oxygen atoms in total. The number of hydrogen-bond donors (Lipinski definition) is 1. The van der Waals surface area contributed by atoms with Crippen LogP contribution in [0.5, 0.6) is 5.75 Å². The highest BCUT2D eigenvalue weighted by Gasteiger charge is 2.26. The third-order valence-corrected chi connectivity index (χ3v) is 6.20. The third-order valence-electron chi connectivity index (χ3n) is 3.83. The Morgan fingerprint density at radius 2 is 1.68 bits per heavy atom. The van der Waals surface area contributed by atoms with E-state index in [9.17, 15) is 13.5 Å². The van der Waals surface area contributed by atoms with Gasteiger partial charge in [-0.25, -0.2) is 12.4 Å². The standard InChI is InChI=1S/C18H16BrNO4S/c1-24-14-9-7-13(8-10-14)18(21)17-16(19)11-12-20(17)25(22,23)15-5-3-2-4-6-15/h2-12,18,21H,1H3. The molecule has 1 aromatic heterocycles. The fourth-order valence-corrected chi connectivity index (χ4v) is 4.56. The number of aliphatic hydroxyl groups is 1. The van der Waals surface area contributed by atoms with E-state index in [1.807, 2.05) is 0 Å². The van der Waals surface area contributed by atoms with Gasteiger partial charge in [-0.1, -0.05) is 30.3 Å². The van der Waals surface area contributed by atoms with E-state index in [-0.39, 0.29) is 10.6 Å². The highest BCUT2D eigenvalue weighted by Crippen LogP contribution is 2.32. The molecule has 130 valence electrons. The first-order chi connectivity index (χ1) is 11.9. The summed E-state index contributed by atoms with van der Waals surface area (Å²) in [5, 5.41) is 10.8. The zero-order valence-corrected chi connectivity index (χ0v) is 15.7. The number of nitrogens with zero attached hydrogens (tertiary/aromatic N) is 1. The Labute approximate surface area is 154 Å². The molecular formula is C18H16BrNO4S. The van der Waals surface area contributed by atoms with E-state index in [4.69, 9.17) is 4.74 Å². The Bertz CT molecular complexity index is 966. The van der Waals surface area contributed by atoms with Gasteiger partial charge in [0.25, 0.3) is 10.0 Å². The molecule has 0 radical (unpaired) electrons. The van der Waals surface area contributed by atoms with Gasteiger partial charge < -0.3 is 9.84 Å². The smallest absolute Gasteiger partial charge is 0.267 e. The first kappa shape index (κ1) is 17.7. The summed E-state index contributed by atoms with van der Waals surface area (Å²) in [6.45, 7) is 0. The van der Waals surface area contributed by atoms with Crippen LogP contribution in [0.25, 0.3) is 0 Å². The molecule has 0 saturated carbocycles. The summed E-state index contributed by atoms with van der Waals surface area (Å²) >= 11 is 3.34. The largest absolute Gasteiger partial charge is 0.497 e. The van der Waals surface area contributed by atoms with E-state index in [1.54, 1.807) is 55.6 Å². The van der Waals surface area contributed by atoms with Crippen LogP contribution in [0.1, 0.15) is 17.4 Å². The minimum Gasteiger partial charge on any atom is -0.497 e. The van der Waals surface area contributed by atoms with E-state index < -0.39 is 16.1 Å². The predicted molar refractivity (Wildman–Crippen MR) is 98.2 cm³/mol. The van der Waals surface area contributed by atoms with Gasteiger partial charge in [-0.05, 0) is 51.8 Å². The maximum Gasteiger partial charge on any atom is 0.267 e. The SMILES string of the molecule is COc1ccc(C(O)c2c(Br)ccn2S(=O)(=O)c2ccccc2)cc1. The summed E-state index contributed by atoms with van der Waals surface area (Å²) in [6.07, 6.45) is 0.308. The van der Waals surface area contributed by atoms with Crippen LogP contribution >= 0.6 is 15.9 Å². The van der Waals surface area contributed by atoms with Crippen LogP contribution in [-0.2, 0) is 10.0 Å². The van der Waals surface area contributed by atoms with Gasteiger partial charge >= 0.3 is 0 Å². The number of benzene rings is 2. The van der Waals surface area contributed by atoms with Crippen molar-refractivity contribution in [3.63, 3.8) is 0 Å². The van der Waals surface area contributed by atoms with Crippen LogP contribution in [0.15, 0.2) is 76.2 Å². The van der Waals surface area contributed by atoms with Crippen LogP contribution < -0.4 is 4.74 Å². The molecule has 3 aromatic rings. The summed E-state index contributed by atoms with van der Waals surface area (Å²) in [7, 11) is -2.26. The molecule has 0 aliphatic heterocycles. The van der Waals surface area contributed by atoms with Crippen molar-refractivity contribution >= 4 is 26.0 Å². The second-order valence-corrected chi connectivity index (χ2v) is 8.01. The van der Waals surface area contributed by atoms with Crippen molar-refractivity contribution in [2.45, 2.75) is 11.0 Å². The van der Waals surface area contributed by atoms with Crippen molar-refractivity contribution in [3.8, 4) is 5.75 Å². The average Bonchev–Trinajstić information content (AvgIpc) is 3.04.